The Bertz CT molecular complexity index is 120. The van der Waals surface area contributed by atoms with Crippen molar-refractivity contribution in [1.29, 1.82) is 0 Å². The summed E-state index contributed by atoms with van der Waals surface area (Å²) in [4.78, 5) is 10.4. The molecule has 0 atom stereocenters. The van der Waals surface area contributed by atoms with Crippen LogP contribution >= 0.6 is 0 Å². The van der Waals surface area contributed by atoms with Crippen LogP contribution in [0.25, 0.3) is 0 Å². The maximum Gasteiger partial charge on any atom is 0.247 e. The van der Waals surface area contributed by atoms with Crippen LogP contribution in [0.3, 0.4) is 0 Å². The standard InChI is InChI=1S/C5H7NO2/c7-5-1-3-8-4-2-6-5/h1,3H,2,4H2,(H,6,7). The summed E-state index contributed by atoms with van der Waals surface area (Å²) in [6.45, 7) is 1.17. The van der Waals surface area contributed by atoms with Gasteiger partial charge in [0.15, 0.2) is 0 Å². The third kappa shape index (κ3) is 1.26. The number of hydrogen-bond donors (Lipinski definition) is 1. The summed E-state index contributed by atoms with van der Waals surface area (Å²) in [5, 5.41) is 2.59. The third-order valence-corrected chi connectivity index (χ3v) is 0.835. The van der Waals surface area contributed by atoms with Gasteiger partial charge in [-0.25, -0.2) is 0 Å². The lowest BCUT2D eigenvalue weighted by Crippen LogP contribution is -2.22. The zero-order valence-corrected chi connectivity index (χ0v) is 4.39. The minimum Gasteiger partial charge on any atom is -0.499 e. The summed E-state index contributed by atoms with van der Waals surface area (Å²) >= 11 is 0. The van der Waals surface area contributed by atoms with Crippen LogP contribution in [0.2, 0.25) is 0 Å². The smallest absolute Gasteiger partial charge is 0.247 e. The summed E-state index contributed by atoms with van der Waals surface area (Å²) in [5.74, 6) is -0.0810. The van der Waals surface area contributed by atoms with Crippen LogP contribution in [0, 0.1) is 0 Å². The van der Waals surface area contributed by atoms with Gasteiger partial charge in [-0.3, -0.25) is 4.79 Å². The van der Waals surface area contributed by atoms with Crippen molar-refractivity contribution >= 4 is 5.91 Å². The second kappa shape index (κ2) is 2.35. The van der Waals surface area contributed by atoms with E-state index in [1.165, 1.54) is 12.3 Å². The van der Waals surface area contributed by atoms with Crippen LogP contribution in [-0.2, 0) is 9.53 Å². The fourth-order valence-corrected chi connectivity index (χ4v) is 0.470. The topological polar surface area (TPSA) is 38.3 Å². The van der Waals surface area contributed by atoms with E-state index < -0.39 is 0 Å². The molecule has 0 aromatic carbocycles. The molecule has 3 heteroatoms. The summed E-state index contributed by atoms with van der Waals surface area (Å²) in [6, 6.07) is 0. The monoisotopic (exact) mass is 113 g/mol. The maximum atomic E-state index is 10.4. The Kier molecular flexibility index (Phi) is 1.51. The van der Waals surface area contributed by atoms with Gasteiger partial charge in [-0.2, -0.15) is 0 Å². The molecule has 0 bridgehead atoms. The molecular formula is C5H7NO2. The Morgan fingerprint density at radius 3 is 3.50 bits per heavy atom. The van der Waals surface area contributed by atoms with Gasteiger partial charge in [-0.05, 0) is 0 Å². The maximum absolute atomic E-state index is 10.4. The first-order valence-corrected chi connectivity index (χ1v) is 2.45. The highest BCUT2D eigenvalue weighted by Gasteiger charge is 1.96. The predicted octanol–water partition coefficient (Wildman–Crippen LogP) is -0.354. The second-order valence-electron chi connectivity index (χ2n) is 1.46. The number of amides is 1. The van der Waals surface area contributed by atoms with E-state index in [0.29, 0.717) is 13.2 Å². The van der Waals surface area contributed by atoms with Gasteiger partial charge in [0.2, 0.25) is 5.91 Å². The van der Waals surface area contributed by atoms with E-state index in [-0.39, 0.29) is 5.91 Å². The van der Waals surface area contributed by atoms with Gasteiger partial charge >= 0.3 is 0 Å². The molecule has 8 heavy (non-hydrogen) atoms. The molecule has 0 spiro atoms. The van der Waals surface area contributed by atoms with Crippen LogP contribution in [-0.4, -0.2) is 19.1 Å². The van der Waals surface area contributed by atoms with Crippen LogP contribution < -0.4 is 5.32 Å². The quantitative estimate of drug-likeness (QED) is 0.466. The first-order valence-electron chi connectivity index (χ1n) is 2.45. The van der Waals surface area contributed by atoms with Crippen molar-refractivity contribution in [1.82, 2.24) is 5.32 Å². The van der Waals surface area contributed by atoms with E-state index in [1.807, 2.05) is 0 Å². The lowest BCUT2D eigenvalue weighted by atomic mass is 10.6. The van der Waals surface area contributed by atoms with Gasteiger partial charge in [0.25, 0.3) is 0 Å². The zero-order valence-electron chi connectivity index (χ0n) is 4.39. The third-order valence-electron chi connectivity index (χ3n) is 0.835. The van der Waals surface area contributed by atoms with Crippen LogP contribution in [0.5, 0.6) is 0 Å². The fourth-order valence-electron chi connectivity index (χ4n) is 0.470. The lowest BCUT2D eigenvalue weighted by Gasteiger charge is -1.94. The molecule has 3 nitrogen and oxygen atoms in total. The highest BCUT2D eigenvalue weighted by Crippen LogP contribution is 1.82. The van der Waals surface area contributed by atoms with Gasteiger partial charge < -0.3 is 10.1 Å². The van der Waals surface area contributed by atoms with Gasteiger partial charge in [-0.15, -0.1) is 0 Å². The molecule has 1 aliphatic rings. The molecule has 44 valence electrons. The van der Waals surface area contributed by atoms with Gasteiger partial charge in [0.05, 0.1) is 12.8 Å². The van der Waals surface area contributed by atoms with E-state index in [0.717, 1.165) is 0 Å². The van der Waals surface area contributed by atoms with Crippen molar-refractivity contribution in [3.05, 3.63) is 12.3 Å². The molecule has 1 N–H and O–H groups in total. The average molecular weight is 113 g/mol. The fraction of sp³-hybridized carbons (Fsp3) is 0.400. The average Bonchev–Trinajstić information content (AvgIpc) is 1.94. The number of rotatable bonds is 0. The van der Waals surface area contributed by atoms with Gasteiger partial charge in [0.1, 0.15) is 6.61 Å². The molecule has 0 unspecified atom stereocenters. The zero-order chi connectivity index (χ0) is 5.82. The number of ether oxygens (including phenoxy) is 1. The SMILES string of the molecule is O=C1C=COCCN1. The summed E-state index contributed by atoms with van der Waals surface area (Å²) in [7, 11) is 0. The summed E-state index contributed by atoms with van der Waals surface area (Å²) < 4.78 is 4.80. The van der Waals surface area contributed by atoms with E-state index in [1.54, 1.807) is 0 Å². The molecule has 0 fully saturated rings. The highest BCUT2D eigenvalue weighted by molar-refractivity contribution is 5.87. The number of nitrogens with one attached hydrogen (secondary N) is 1. The normalized spacial score (nSPS) is 18.8. The molecule has 0 aliphatic carbocycles. The molecule has 1 rings (SSSR count). The van der Waals surface area contributed by atoms with Gasteiger partial charge in [0, 0.05) is 6.08 Å². The van der Waals surface area contributed by atoms with Crippen LogP contribution in [0.4, 0.5) is 0 Å². The van der Waals surface area contributed by atoms with Crippen molar-refractivity contribution in [3.63, 3.8) is 0 Å². The van der Waals surface area contributed by atoms with Crippen molar-refractivity contribution in [2.45, 2.75) is 0 Å². The minimum absolute atomic E-state index is 0.0810. The minimum atomic E-state index is -0.0810. The van der Waals surface area contributed by atoms with Crippen LogP contribution in [0.1, 0.15) is 0 Å². The first-order chi connectivity index (χ1) is 3.89. The van der Waals surface area contributed by atoms with Crippen molar-refractivity contribution in [2.24, 2.45) is 0 Å². The Morgan fingerprint density at radius 1 is 1.75 bits per heavy atom. The molecular weight excluding hydrogens is 106 g/mol. The Labute approximate surface area is 47.3 Å². The van der Waals surface area contributed by atoms with E-state index in [9.17, 15) is 4.79 Å². The van der Waals surface area contributed by atoms with E-state index >= 15 is 0 Å². The molecule has 0 saturated heterocycles. The molecule has 0 aromatic heterocycles. The number of hydrogen-bond acceptors (Lipinski definition) is 2. The molecule has 0 saturated carbocycles. The van der Waals surface area contributed by atoms with E-state index in [2.05, 4.69) is 5.32 Å². The molecule has 1 aliphatic heterocycles. The molecule has 1 heterocycles. The Balaban J connectivity index is 2.44. The highest BCUT2D eigenvalue weighted by atomic mass is 16.5. The number of carbonyl (C=O) groups is 1. The van der Waals surface area contributed by atoms with Crippen molar-refractivity contribution in [3.8, 4) is 0 Å². The molecule has 0 radical (unpaired) electrons. The first kappa shape index (κ1) is 5.15. The molecule has 0 aromatic rings. The largest absolute Gasteiger partial charge is 0.499 e. The van der Waals surface area contributed by atoms with E-state index in [4.69, 9.17) is 4.74 Å². The second-order valence-corrected chi connectivity index (χ2v) is 1.46. The Morgan fingerprint density at radius 2 is 2.62 bits per heavy atom. The van der Waals surface area contributed by atoms with Gasteiger partial charge in [-0.1, -0.05) is 0 Å². The van der Waals surface area contributed by atoms with Crippen molar-refractivity contribution in [2.75, 3.05) is 13.2 Å². The molecule has 1 amide bonds. The van der Waals surface area contributed by atoms with Crippen molar-refractivity contribution < 1.29 is 9.53 Å². The van der Waals surface area contributed by atoms with Crippen LogP contribution in [0.15, 0.2) is 12.3 Å². The lowest BCUT2D eigenvalue weighted by molar-refractivity contribution is -0.116. The summed E-state index contributed by atoms with van der Waals surface area (Å²) in [5.41, 5.74) is 0. The number of carbonyl (C=O) groups excluding carboxylic acids is 1. The summed E-state index contributed by atoms with van der Waals surface area (Å²) in [6.07, 6.45) is 2.77. The predicted molar refractivity (Wildman–Crippen MR) is 28.1 cm³/mol. The Hall–Kier alpha value is -0.990.